The summed E-state index contributed by atoms with van der Waals surface area (Å²) >= 11 is 0. The van der Waals surface area contributed by atoms with Crippen molar-refractivity contribution in [3.05, 3.63) is 29.3 Å². The summed E-state index contributed by atoms with van der Waals surface area (Å²) in [5, 5.41) is 0. The van der Waals surface area contributed by atoms with Crippen molar-refractivity contribution in [1.82, 2.24) is 0 Å². The lowest BCUT2D eigenvalue weighted by Gasteiger charge is -2.06. The van der Waals surface area contributed by atoms with Gasteiger partial charge < -0.3 is 4.74 Å². The van der Waals surface area contributed by atoms with E-state index in [0.717, 1.165) is 18.4 Å². The normalized spacial score (nSPS) is 9.42. The Bertz CT molecular complexity index is 533. The molecule has 0 aliphatic rings. The van der Waals surface area contributed by atoms with E-state index in [9.17, 15) is 9.59 Å². The average Bonchev–Trinajstić information content (AvgIpc) is 2.34. The first kappa shape index (κ1) is 15.0. The van der Waals surface area contributed by atoms with E-state index in [2.05, 4.69) is 18.8 Å². The third kappa shape index (κ3) is 4.97. The van der Waals surface area contributed by atoms with Gasteiger partial charge in [0, 0.05) is 13.3 Å². The molecule has 0 bridgehead atoms. The first-order chi connectivity index (χ1) is 9.04. The molecular formula is C16H18O3. The quantitative estimate of drug-likeness (QED) is 0.208. The number of Topliss-reactive ketones (excluding diaryl/α,β-unsaturated/α-hetero) is 1. The summed E-state index contributed by atoms with van der Waals surface area (Å²) in [7, 11) is 0. The van der Waals surface area contributed by atoms with Crippen LogP contribution in [-0.4, -0.2) is 11.8 Å². The maximum Gasteiger partial charge on any atom is 0.308 e. The molecule has 0 heterocycles. The van der Waals surface area contributed by atoms with Crippen molar-refractivity contribution < 1.29 is 14.3 Å². The Kier molecular flexibility index (Phi) is 5.81. The number of carbonyl (C=O) groups excluding carboxylic acids is 2. The summed E-state index contributed by atoms with van der Waals surface area (Å²) in [5.41, 5.74) is 1.26. The van der Waals surface area contributed by atoms with Crippen LogP contribution in [0.2, 0.25) is 0 Å². The predicted molar refractivity (Wildman–Crippen MR) is 74.1 cm³/mol. The zero-order chi connectivity index (χ0) is 14.3. The molecular weight excluding hydrogens is 240 g/mol. The van der Waals surface area contributed by atoms with Crippen LogP contribution in [0.25, 0.3) is 0 Å². The molecule has 3 heteroatoms. The molecule has 100 valence electrons. The average molecular weight is 258 g/mol. The standard InChI is InChI=1S/C16H18O3/c1-4-5-6-7-8-15(18)14-10-9-12(2)11-16(14)19-13(3)17/h9-11H,4-6H2,1-3H3. The highest BCUT2D eigenvalue weighted by Crippen LogP contribution is 2.21. The molecule has 0 amide bonds. The molecule has 0 saturated carbocycles. The van der Waals surface area contributed by atoms with Gasteiger partial charge in [-0.15, -0.1) is 0 Å². The summed E-state index contributed by atoms with van der Waals surface area (Å²) < 4.78 is 5.05. The summed E-state index contributed by atoms with van der Waals surface area (Å²) in [6.07, 6.45) is 2.73. The number of aryl methyl sites for hydroxylation is 1. The van der Waals surface area contributed by atoms with Crippen LogP contribution in [0.1, 0.15) is 49.0 Å². The molecule has 0 spiro atoms. The van der Waals surface area contributed by atoms with E-state index in [0.29, 0.717) is 12.0 Å². The zero-order valence-electron chi connectivity index (χ0n) is 11.6. The van der Waals surface area contributed by atoms with Crippen molar-refractivity contribution in [2.45, 2.75) is 40.0 Å². The van der Waals surface area contributed by atoms with E-state index in [-0.39, 0.29) is 11.5 Å². The van der Waals surface area contributed by atoms with Gasteiger partial charge in [-0.1, -0.05) is 25.3 Å². The molecule has 0 fully saturated rings. The van der Waals surface area contributed by atoms with Gasteiger partial charge in [-0.3, -0.25) is 9.59 Å². The van der Waals surface area contributed by atoms with Crippen LogP contribution in [0.4, 0.5) is 0 Å². The van der Waals surface area contributed by atoms with Gasteiger partial charge in [-0.2, -0.15) is 0 Å². The lowest BCUT2D eigenvalue weighted by atomic mass is 10.1. The van der Waals surface area contributed by atoms with Crippen LogP contribution in [0.5, 0.6) is 5.75 Å². The van der Waals surface area contributed by atoms with Gasteiger partial charge in [0.05, 0.1) is 5.56 Å². The second kappa shape index (κ2) is 7.38. The predicted octanol–water partition coefficient (Wildman–Crippen LogP) is 3.30. The van der Waals surface area contributed by atoms with Crippen LogP contribution in [0, 0.1) is 18.8 Å². The molecule has 0 unspecified atom stereocenters. The lowest BCUT2D eigenvalue weighted by molar-refractivity contribution is -0.131. The fraction of sp³-hybridized carbons (Fsp3) is 0.375. The molecule has 0 atom stereocenters. The zero-order valence-corrected chi connectivity index (χ0v) is 11.6. The van der Waals surface area contributed by atoms with Gasteiger partial charge in [0.2, 0.25) is 5.78 Å². The van der Waals surface area contributed by atoms with Gasteiger partial charge in [0.15, 0.2) is 0 Å². The lowest BCUT2D eigenvalue weighted by Crippen LogP contribution is -2.07. The fourth-order valence-electron chi connectivity index (χ4n) is 1.53. The second-order valence-corrected chi connectivity index (χ2v) is 4.33. The smallest absolute Gasteiger partial charge is 0.308 e. The molecule has 0 N–H and O–H groups in total. The van der Waals surface area contributed by atoms with E-state index in [1.165, 1.54) is 6.92 Å². The monoisotopic (exact) mass is 258 g/mol. The Morgan fingerprint density at radius 3 is 2.68 bits per heavy atom. The van der Waals surface area contributed by atoms with Crippen LogP contribution < -0.4 is 4.74 Å². The van der Waals surface area contributed by atoms with E-state index in [4.69, 9.17) is 4.74 Å². The summed E-state index contributed by atoms with van der Waals surface area (Å²) in [4.78, 5) is 23.0. The second-order valence-electron chi connectivity index (χ2n) is 4.33. The van der Waals surface area contributed by atoms with Gasteiger partial charge >= 0.3 is 5.97 Å². The van der Waals surface area contributed by atoms with Crippen LogP contribution >= 0.6 is 0 Å². The molecule has 1 rings (SSSR count). The van der Waals surface area contributed by atoms with Gasteiger partial charge in [-0.05, 0) is 37.0 Å². The highest BCUT2D eigenvalue weighted by Gasteiger charge is 2.12. The Morgan fingerprint density at radius 1 is 1.32 bits per heavy atom. The molecule has 0 radical (unpaired) electrons. The third-order valence-corrected chi connectivity index (χ3v) is 2.49. The maximum absolute atomic E-state index is 12.0. The fourth-order valence-corrected chi connectivity index (χ4v) is 1.53. The van der Waals surface area contributed by atoms with E-state index in [1.807, 2.05) is 6.92 Å². The Morgan fingerprint density at radius 2 is 2.05 bits per heavy atom. The number of ketones is 1. The molecule has 0 aromatic heterocycles. The minimum atomic E-state index is -0.446. The van der Waals surface area contributed by atoms with Crippen LogP contribution in [-0.2, 0) is 4.79 Å². The van der Waals surface area contributed by atoms with Crippen molar-refractivity contribution >= 4 is 11.8 Å². The SMILES string of the molecule is CCCCC#CC(=O)c1ccc(C)cc1OC(C)=O. The van der Waals surface area contributed by atoms with Gasteiger partial charge in [-0.25, -0.2) is 0 Å². The highest BCUT2D eigenvalue weighted by molar-refractivity contribution is 6.11. The Hall–Kier alpha value is -2.08. The number of carbonyl (C=O) groups is 2. The number of hydrogen-bond acceptors (Lipinski definition) is 3. The number of hydrogen-bond donors (Lipinski definition) is 0. The molecule has 0 aliphatic heterocycles. The van der Waals surface area contributed by atoms with E-state index in [1.54, 1.807) is 18.2 Å². The van der Waals surface area contributed by atoms with Crippen LogP contribution in [0.15, 0.2) is 18.2 Å². The first-order valence-electron chi connectivity index (χ1n) is 6.37. The van der Waals surface area contributed by atoms with Crippen molar-refractivity contribution in [2.75, 3.05) is 0 Å². The number of benzene rings is 1. The largest absolute Gasteiger partial charge is 0.426 e. The van der Waals surface area contributed by atoms with Crippen molar-refractivity contribution in [3.63, 3.8) is 0 Å². The number of ether oxygens (including phenoxy) is 1. The highest BCUT2D eigenvalue weighted by atomic mass is 16.5. The molecule has 1 aromatic rings. The Balaban J connectivity index is 2.94. The summed E-state index contributed by atoms with van der Waals surface area (Å²) in [5.74, 6) is 4.95. The number of unbranched alkanes of at least 4 members (excludes halogenated alkanes) is 2. The molecule has 0 saturated heterocycles. The number of rotatable bonds is 4. The molecule has 1 aromatic carbocycles. The molecule has 19 heavy (non-hydrogen) atoms. The summed E-state index contributed by atoms with van der Waals surface area (Å²) in [6.45, 7) is 5.25. The van der Waals surface area contributed by atoms with E-state index >= 15 is 0 Å². The van der Waals surface area contributed by atoms with Crippen molar-refractivity contribution in [1.29, 1.82) is 0 Å². The summed E-state index contributed by atoms with van der Waals surface area (Å²) in [6, 6.07) is 5.11. The maximum atomic E-state index is 12.0. The van der Waals surface area contributed by atoms with Crippen LogP contribution in [0.3, 0.4) is 0 Å². The minimum absolute atomic E-state index is 0.280. The Labute approximate surface area is 114 Å². The third-order valence-electron chi connectivity index (χ3n) is 2.49. The van der Waals surface area contributed by atoms with E-state index < -0.39 is 5.97 Å². The molecule has 3 nitrogen and oxygen atoms in total. The van der Waals surface area contributed by atoms with Gasteiger partial charge in [0.25, 0.3) is 0 Å². The van der Waals surface area contributed by atoms with Crippen molar-refractivity contribution in [3.8, 4) is 17.6 Å². The molecule has 0 aliphatic carbocycles. The topological polar surface area (TPSA) is 43.4 Å². The van der Waals surface area contributed by atoms with Crippen molar-refractivity contribution in [2.24, 2.45) is 0 Å². The number of esters is 1. The minimum Gasteiger partial charge on any atom is -0.426 e. The first-order valence-corrected chi connectivity index (χ1v) is 6.37. The van der Waals surface area contributed by atoms with Gasteiger partial charge in [0.1, 0.15) is 5.75 Å².